The van der Waals surface area contributed by atoms with E-state index in [4.69, 9.17) is 21.1 Å². The average Bonchev–Trinajstić information content (AvgIpc) is 2.48. The van der Waals surface area contributed by atoms with Crippen LogP contribution in [0.3, 0.4) is 0 Å². The lowest BCUT2D eigenvalue weighted by Gasteiger charge is -2.09. The third-order valence-electron chi connectivity index (χ3n) is 2.82. The number of methoxy groups -OCH3 is 2. The van der Waals surface area contributed by atoms with E-state index >= 15 is 0 Å². The molecule has 20 heavy (non-hydrogen) atoms. The van der Waals surface area contributed by atoms with Crippen LogP contribution in [0, 0.1) is 5.82 Å². The summed E-state index contributed by atoms with van der Waals surface area (Å²) in [5.74, 6) is 0.0361. The minimum Gasteiger partial charge on any atom is -0.493 e. The number of carbonyl (C=O) groups excluding carboxylic acids is 1. The molecule has 104 valence electrons. The van der Waals surface area contributed by atoms with Crippen LogP contribution in [-0.4, -0.2) is 20.0 Å². The van der Waals surface area contributed by atoms with Crippen LogP contribution in [-0.2, 0) is 0 Å². The van der Waals surface area contributed by atoms with E-state index in [1.807, 2.05) is 0 Å². The number of carbonyl (C=O) groups is 1. The van der Waals surface area contributed by atoms with Gasteiger partial charge in [0.15, 0.2) is 17.3 Å². The molecule has 0 N–H and O–H groups in total. The second kappa shape index (κ2) is 5.92. The van der Waals surface area contributed by atoms with Gasteiger partial charge < -0.3 is 9.47 Å². The van der Waals surface area contributed by atoms with Crippen LogP contribution in [0.5, 0.6) is 11.5 Å². The Morgan fingerprint density at radius 1 is 1.05 bits per heavy atom. The zero-order valence-corrected chi connectivity index (χ0v) is 11.7. The molecule has 3 nitrogen and oxygen atoms in total. The molecule has 0 radical (unpaired) electrons. The lowest BCUT2D eigenvalue weighted by atomic mass is 10.0. The second-order valence-electron chi connectivity index (χ2n) is 4.02. The van der Waals surface area contributed by atoms with Crippen molar-refractivity contribution in [2.75, 3.05) is 14.2 Å². The van der Waals surface area contributed by atoms with E-state index in [9.17, 15) is 9.18 Å². The number of ketones is 1. The van der Waals surface area contributed by atoms with Crippen LogP contribution >= 0.6 is 11.6 Å². The number of rotatable bonds is 4. The molecule has 0 saturated heterocycles. The van der Waals surface area contributed by atoms with Crippen LogP contribution in [0.2, 0.25) is 5.02 Å². The van der Waals surface area contributed by atoms with Gasteiger partial charge >= 0.3 is 0 Å². The van der Waals surface area contributed by atoms with Gasteiger partial charge in [-0.1, -0.05) is 11.6 Å². The molecule has 0 spiro atoms. The van der Waals surface area contributed by atoms with E-state index in [-0.39, 0.29) is 16.4 Å². The maximum absolute atomic E-state index is 13.2. The van der Waals surface area contributed by atoms with Crippen molar-refractivity contribution in [2.45, 2.75) is 0 Å². The van der Waals surface area contributed by atoms with Crippen LogP contribution in [0.4, 0.5) is 4.39 Å². The molecule has 0 bridgehead atoms. The Morgan fingerprint density at radius 3 is 2.40 bits per heavy atom. The van der Waals surface area contributed by atoms with Gasteiger partial charge in [-0.25, -0.2) is 4.39 Å². The van der Waals surface area contributed by atoms with Crippen molar-refractivity contribution in [2.24, 2.45) is 0 Å². The van der Waals surface area contributed by atoms with E-state index in [1.165, 1.54) is 32.4 Å². The van der Waals surface area contributed by atoms with Crippen LogP contribution in [0.1, 0.15) is 15.9 Å². The number of halogens is 2. The van der Waals surface area contributed by atoms with E-state index in [2.05, 4.69) is 0 Å². The molecule has 0 unspecified atom stereocenters. The molecule has 0 fully saturated rings. The Kier molecular flexibility index (Phi) is 4.25. The SMILES string of the molecule is COc1ccc(C(=O)c2cc(F)ccc2Cl)cc1OC. The van der Waals surface area contributed by atoms with E-state index < -0.39 is 5.82 Å². The largest absolute Gasteiger partial charge is 0.493 e. The molecule has 2 aromatic rings. The van der Waals surface area contributed by atoms with Gasteiger partial charge in [-0.15, -0.1) is 0 Å². The fraction of sp³-hybridized carbons (Fsp3) is 0.133. The molecule has 0 atom stereocenters. The lowest BCUT2D eigenvalue weighted by Crippen LogP contribution is -2.04. The summed E-state index contributed by atoms with van der Waals surface area (Å²) < 4.78 is 23.5. The van der Waals surface area contributed by atoms with Crippen LogP contribution in [0.15, 0.2) is 36.4 Å². The molecule has 0 aliphatic rings. The Labute approximate surface area is 120 Å². The Morgan fingerprint density at radius 2 is 1.75 bits per heavy atom. The van der Waals surface area contributed by atoms with Gasteiger partial charge in [0.1, 0.15) is 5.82 Å². The summed E-state index contributed by atoms with van der Waals surface area (Å²) in [5.41, 5.74) is 0.453. The minimum absolute atomic E-state index is 0.110. The van der Waals surface area contributed by atoms with Gasteiger partial charge in [0.2, 0.25) is 0 Å². The van der Waals surface area contributed by atoms with Gasteiger partial charge in [-0.05, 0) is 36.4 Å². The molecule has 5 heteroatoms. The topological polar surface area (TPSA) is 35.5 Å². The van der Waals surface area contributed by atoms with E-state index in [0.717, 1.165) is 6.07 Å². The van der Waals surface area contributed by atoms with Crippen molar-refractivity contribution < 1.29 is 18.7 Å². The average molecular weight is 295 g/mol. The van der Waals surface area contributed by atoms with Crippen LogP contribution < -0.4 is 9.47 Å². The maximum atomic E-state index is 13.2. The third kappa shape index (κ3) is 2.75. The fourth-order valence-corrected chi connectivity index (χ4v) is 2.01. The van der Waals surface area contributed by atoms with Gasteiger partial charge in [0.25, 0.3) is 0 Å². The van der Waals surface area contributed by atoms with E-state index in [1.54, 1.807) is 12.1 Å². The third-order valence-corrected chi connectivity index (χ3v) is 3.15. The standard InChI is InChI=1S/C15H12ClFO3/c1-19-13-6-3-9(7-14(13)20-2)15(18)11-8-10(17)4-5-12(11)16/h3-8H,1-2H3. The highest BCUT2D eigenvalue weighted by Crippen LogP contribution is 2.29. The Balaban J connectivity index is 2.45. The smallest absolute Gasteiger partial charge is 0.194 e. The first kappa shape index (κ1) is 14.3. The number of benzene rings is 2. The van der Waals surface area contributed by atoms with Crippen molar-refractivity contribution in [1.29, 1.82) is 0 Å². The van der Waals surface area contributed by atoms with Crippen molar-refractivity contribution >= 4 is 17.4 Å². The minimum atomic E-state index is -0.516. The summed E-state index contributed by atoms with van der Waals surface area (Å²) in [5, 5.41) is 0.200. The molecular weight excluding hydrogens is 283 g/mol. The van der Waals surface area contributed by atoms with Gasteiger partial charge in [-0.2, -0.15) is 0 Å². The second-order valence-corrected chi connectivity index (χ2v) is 4.43. The predicted octanol–water partition coefficient (Wildman–Crippen LogP) is 3.73. The molecule has 0 amide bonds. The molecule has 0 aliphatic carbocycles. The first-order chi connectivity index (χ1) is 9.56. The maximum Gasteiger partial charge on any atom is 0.194 e. The molecule has 2 rings (SSSR count). The molecule has 0 aromatic heterocycles. The zero-order valence-electron chi connectivity index (χ0n) is 10.9. The molecule has 0 heterocycles. The highest BCUT2D eigenvalue weighted by molar-refractivity contribution is 6.35. The van der Waals surface area contributed by atoms with Crippen molar-refractivity contribution in [1.82, 2.24) is 0 Å². The normalized spacial score (nSPS) is 10.2. The highest BCUT2D eigenvalue weighted by atomic mass is 35.5. The molecule has 2 aromatic carbocycles. The highest BCUT2D eigenvalue weighted by Gasteiger charge is 2.16. The Bertz CT molecular complexity index is 656. The van der Waals surface area contributed by atoms with Crippen molar-refractivity contribution in [3.8, 4) is 11.5 Å². The fourth-order valence-electron chi connectivity index (χ4n) is 1.80. The van der Waals surface area contributed by atoms with Crippen molar-refractivity contribution in [3.63, 3.8) is 0 Å². The quantitative estimate of drug-likeness (QED) is 0.806. The lowest BCUT2D eigenvalue weighted by molar-refractivity contribution is 0.103. The number of hydrogen-bond donors (Lipinski definition) is 0. The Hall–Kier alpha value is -2.07. The predicted molar refractivity (Wildman–Crippen MR) is 74.4 cm³/mol. The summed E-state index contributed by atoms with van der Waals surface area (Å²) in [7, 11) is 2.98. The molecule has 0 aliphatic heterocycles. The van der Waals surface area contributed by atoms with Gasteiger partial charge in [-0.3, -0.25) is 4.79 Å². The summed E-state index contributed by atoms with van der Waals surface area (Å²) in [6.07, 6.45) is 0. The number of ether oxygens (including phenoxy) is 2. The summed E-state index contributed by atoms with van der Waals surface area (Å²) >= 11 is 5.93. The van der Waals surface area contributed by atoms with E-state index in [0.29, 0.717) is 17.1 Å². The van der Waals surface area contributed by atoms with Gasteiger partial charge in [0, 0.05) is 11.1 Å². The first-order valence-electron chi connectivity index (χ1n) is 5.78. The first-order valence-corrected chi connectivity index (χ1v) is 6.16. The van der Waals surface area contributed by atoms with Gasteiger partial charge in [0.05, 0.1) is 19.2 Å². The van der Waals surface area contributed by atoms with Crippen molar-refractivity contribution in [3.05, 3.63) is 58.4 Å². The van der Waals surface area contributed by atoms with Crippen LogP contribution in [0.25, 0.3) is 0 Å². The molecule has 0 saturated carbocycles. The summed E-state index contributed by atoms with van der Waals surface area (Å²) in [4.78, 5) is 12.3. The summed E-state index contributed by atoms with van der Waals surface area (Å²) in [6, 6.07) is 8.38. The zero-order chi connectivity index (χ0) is 14.7. The summed E-state index contributed by atoms with van der Waals surface area (Å²) in [6.45, 7) is 0. The monoisotopic (exact) mass is 294 g/mol. The molecular formula is C15H12ClFO3. The number of hydrogen-bond acceptors (Lipinski definition) is 3.